The average molecular weight is 310 g/mol. The van der Waals surface area contributed by atoms with Gasteiger partial charge in [0.2, 0.25) is 0 Å². The normalized spacial score (nSPS) is 23.0. The van der Waals surface area contributed by atoms with Crippen LogP contribution in [0, 0.1) is 0 Å². The highest BCUT2D eigenvalue weighted by Gasteiger charge is 2.37. The van der Waals surface area contributed by atoms with E-state index in [1.54, 1.807) is 6.07 Å². The number of esters is 1. The molecule has 5 heteroatoms. The molecule has 0 spiro atoms. The summed E-state index contributed by atoms with van der Waals surface area (Å²) in [6, 6.07) is 11.3. The molecule has 2 aromatic rings. The molecular formula is C18H18N2O3. The number of nitrogens with zero attached hydrogens (tertiary/aromatic N) is 2. The zero-order valence-corrected chi connectivity index (χ0v) is 12.9. The number of benzene rings is 1. The van der Waals surface area contributed by atoms with Crippen LogP contribution in [0.3, 0.4) is 0 Å². The Morgan fingerprint density at radius 1 is 1.17 bits per heavy atom. The molecule has 2 aliphatic rings. The highest BCUT2D eigenvalue weighted by atomic mass is 16.5. The number of aromatic nitrogens is 1. The van der Waals surface area contributed by atoms with Crippen LogP contribution >= 0.6 is 0 Å². The number of cyclic esters (lactones) is 1. The molecule has 0 saturated carbocycles. The van der Waals surface area contributed by atoms with Gasteiger partial charge in [-0.1, -0.05) is 18.2 Å². The molecule has 118 valence electrons. The summed E-state index contributed by atoms with van der Waals surface area (Å²) in [7, 11) is 0. The Bertz CT molecular complexity index is 780. The van der Waals surface area contributed by atoms with Crippen molar-refractivity contribution in [3.63, 3.8) is 0 Å². The van der Waals surface area contributed by atoms with E-state index in [4.69, 9.17) is 4.74 Å². The molecule has 0 N–H and O–H groups in total. The third-order valence-electron chi connectivity index (χ3n) is 4.79. The van der Waals surface area contributed by atoms with Crippen molar-refractivity contribution >= 4 is 11.9 Å². The Hall–Kier alpha value is -2.56. The maximum Gasteiger partial charge on any atom is 0.339 e. The first-order valence-electron chi connectivity index (χ1n) is 7.89. The molecule has 1 aromatic carbocycles. The Kier molecular flexibility index (Phi) is 3.22. The van der Waals surface area contributed by atoms with Crippen LogP contribution in [0.15, 0.2) is 42.6 Å². The molecular weight excluding hydrogens is 292 g/mol. The molecule has 23 heavy (non-hydrogen) atoms. The predicted octanol–water partition coefficient (Wildman–Crippen LogP) is 2.17. The summed E-state index contributed by atoms with van der Waals surface area (Å²) in [5.74, 6) is -0.508. The van der Waals surface area contributed by atoms with Crippen LogP contribution in [-0.4, -0.2) is 34.0 Å². The number of fused-ring (bicyclic) bond motifs is 2. The third kappa shape index (κ3) is 2.23. The molecule has 0 bridgehead atoms. The lowest BCUT2D eigenvalue weighted by molar-refractivity contribution is -0.144. The van der Waals surface area contributed by atoms with Crippen LogP contribution in [0.5, 0.6) is 0 Å². The van der Waals surface area contributed by atoms with Gasteiger partial charge in [-0.2, -0.15) is 0 Å². The van der Waals surface area contributed by atoms with E-state index in [2.05, 4.69) is 4.57 Å². The predicted molar refractivity (Wildman–Crippen MR) is 83.9 cm³/mol. The molecule has 1 aromatic heterocycles. The molecule has 1 amide bonds. The molecule has 0 fully saturated rings. The standard InChI is InChI=1S/C18H18N2O3/c1-12-15-7-4-8-19(15)9-10-20(12)17(21)16-11-13-5-2-3-6-14(13)18(22)23-16/h2-8,12,16H,9-11H2,1H3/t12-,16-/m0/s1. The summed E-state index contributed by atoms with van der Waals surface area (Å²) >= 11 is 0. The Morgan fingerprint density at radius 3 is 2.87 bits per heavy atom. The summed E-state index contributed by atoms with van der Waals surface area (Å²) in [6.07, 6.45) is 1.76. The van der Waals surface area contributed by atoms with Gasteiger partial charge in [0, 0.05) is 31.4 Å². The number of rotatable bonds is 1. The molecule has 3 heterocycles. The van der Waals surface area contributed by atoms with Gasteiger partial charge in [0.15, 0.2) is 6.10 Å². The molecule has 0 radical (unpaired) electrons. The van der Waals surface area contributed by atoms with Gasteiger partial charge >= 0.3 is 5.97 Å². The Balaban J connectivity index is 1.58. The van der Waals surface area contributed by atoms with E-state index < -0.39 is 12.1 Å². The maximum atomic E-state index is 12.9. The van der Waals surface area contributed by atoms with Crippen molar-refractivity contribution in [1.29, 1.82) is 0 Å². The zero-order valence-electron chi connectivity index (χ0n) is 12.9. The van der Waals surface area contributed by atoms with Crippen molar-refractivity contribution in [3.8, 4) is 0 Å². The lowest BCUT2D eigenvalue weighted by Gasteiger charge is -2.37. The number of ether oxygens (including phenoxy) is 1. The molecule has 2 atom stereocenters. The third-order valence-corrected chi connectivity index (χ3v) is 4.79. The molecule has 4 rings (SSSR count). The number of carbonyl (C=O) groups excluding carboxylic acids is 2. The van der Waals surface area contributed by atoms with Crippen LogP contribution in [-0.2, 0) is 22.5 Å². The van der Waals surface area contributed by atoms with Crippen molar-refractivity contribution < 1.29 is 14.3 Å². The number of hydrogen-bond donors (Lipinski definition) is 0. The largest absolute Gasteiger partial charge is 0.448 e. The molecule has 0 aliphatic carbocycles. The van der Waals surface area contributed by atoms with Crippen LogP contribution in [0.1, 0.15) is 34.6 Å². The fraction of sp³-hybridized carbons (Fsp3) is 0.333. The second-order valence-electron chi connectivity index (χ2n) is 6.09. The average Bonchev–Trinajstić information content (AvgIpc) is 3.04. The molecule has 0 saturated heterocycles. The van der Waals surface area contributed by atoms with E-state index in [-0.39, 0.29) is 11.9 Å². The van der Waals surface area contributed by atoms with Gasteiger partial charge in [-0.15, -0.1) is 0 Å². The Labute approximate surface area is 134 Å². The summed E-state index contributed by atoms with van der Waals surface area (Å²) in [6.45, 7) is 3.43. The van der Waals surface area contributed by atoms with Gasteiger partial charge in [0.05, 0.1) is 11.6 Å². The van der Waals surface area contributed by atoms with Gasteiger partial charge in [0.1, 0.15) is 0 Å². The van der Waals surface area contributed by atoms with Gasteiger partial charge in [0.25, 0.3) is 5.91 Å². The van der Waals surface area contributed by atoms with E-state index in [9.17, 15) is 9.59 Å². The number of carbonyl (C=O) groups is 2. The lowest BCUT2D eigenvalue weighted by Crippen LogP contribution is -2.48. The smallest absolute Gasteiger partial charge is 0.339 e. The van der Waals surface area contributed by atoms with Crippen LogP contribution in [0.4, 0.5) is 0 Å². The van der Waals surface area contributed by atoms with E-state index in [0.29, 0.717) is 18.5 Å². The molecule has 2 aliphatic heterocycles. The van der Waals surface area contributed by atoms with Gasteiger partial charge < -0.3 is 14.2 Å². The van der Waals surface area contributed by atoms with Crippen molar-refractivity contribution in [3.05, 3.63) is 59.4 Å². The lowest BCUT2D eigenvalue weighted by atomic mass is 9.97. The first-order valence-corrected chi connectivity index (χ1v) is 7.89. The minimum atomic E-state index is -0.721. The fourth-order valence-electron chi connectivity index (χ4n) is 3.53. The van der Waals surface area contributed by atoms with Crippen molar-refractivity contribution in [2.24, 2.45) is 0 Å². The van der Waals surface area contributed by atoms with Crippen LogP contribution in [0.25, 0.3) is 0 Å². The summed E-state index contributed by atoms with van der Waals surface area (Å²) in [4.78, 5) is 26.8. The fourth-order valence-corrected chi connectivity index (χ4v) is 3.53. The minimum Gasteiger partial charge on any atom is -0.448 e. The van der Waals surface area contributed by atoms with E-state index in [1.165, 1.54) is 0 Å². The van der Waals surface area contributed by atoms with Crippen LogP contribution < -0.4 is 0 Å². The van der Waals surface area contributed by atoms with Gasteiger partial charge in [-0.25, -0.2) is 4.79 Å². The van der Waals surface area contributed by atoms with E-state index in [1.807, 2.05) is 48.4 Å². The second kappa shape index (κ2) is 5.26. The highest BCUT2D eigenvalue weighted by molar-refractivity contribution is 5.95. The number of hydrogen-bond acceptors (Lipinski definition) is 3. The minimum absolute atomic E-state index is 0.0119. The monoisotopic (exact) mass is 310 g/mol. The molecule has 0 unspecified atom stereocenters. The van der Waals surface area contributed by atoms with Crippen molar-refractivity contribution in [1.82, 2.24) is 9.47 Å². The van der Waals surface area contributed by atoms with Crippen LogP contribution in [0.2, 0.25) is 0 Å². The SMILES string of the molecule is C[C@H]1c2cccn2CCN1C(=O)[C@@H]1Cc2ccccc2C(=O)O1. The maximum absolute atomic E-state index is 12.9. The Morgan fingerprint density at radius 2 is 2.00 bits per heavy atom. The topological polar surface area (TPSA) is 51.5 Å². The summed E-state index contributed by atoms with van der Waals surface area (Å²) < 4.78 is 7.57. The first-order chi connectivity index (χ1) is 11.1. The first kappa shape index (κ1) is 14.1. The zero-order chi connectivity index (χ0) is 16.0. The summed E-state index contributed by atoms with van der Waals surface area (Å²) in [5.41, 5.74) is 2.57. The van der Waals surface area contributed by atoms with Crippen molar-refractivity contribution in [2.75, 3.05) is 6.54 Å². The highest BCUT2D eigenvalue weighted by Crippen LogP contribution is 2.28. The quantitative estimate of drug-likeness (QED) is 0.759. The number of amides is 1. The van der Waals surface area contributed by atoms with Crippen molar-refractivity contribution in [2.45, 2.75) is 32.0 Å². The van der Waals surface area contributed by atoms with E-state index in [0.717, 1.165) is 17.8 Å². The van der Waals surface area contributed by atoms with Gasteiger partial charge in [-0.3, -0.25) is 4.79 Å². The second-order valence-corrected chi connectivity index (χ2v) is 6.09. The van der Waals surface area contributed by atoms with E-state index >= 15 is 0 Å². The van der Waals surface area contributed by atoms with Gasteiger partial charge in [-0.05, 0) is 30.7 Å². The summed E-state index contributed by atoms with van der Waals surface area (Å²) in [5, 5.41) is 0. The molecule has 5 nitrogen and oxygen atoms in total.